The molecule has 168 valence electrons. The van der Waals surface area contributed by atoms with Crippen LogP contribution >= 0.6 is 0 Å². The number of fused-ring (bicyclic) bond motifs is 1. The zero-order valence-electron chi connectivity index (χ0n) is 19.0. The van der Waals surface area contributed by atoms with Crippen LogP contribution in [0.25, 0.3) is 0 Å². The fourth-order valence-corrected chi connectivity index (χ4v) is 4.40. The SMILES string of the molecule is CN=C(NCCc1nnc2n1CCCCC2)NCC(Cc1ccccc1)c1ccccc1. The summed E-state index contributed by atoms with van der Waals surface area (Å²) in [7, 11) is 1.83. The highest BCUT2D eigenvalue weighted by Gasteiger charge is 2.15. The van der Waals surface area contributed by atoms with Crippen LogP contribution in [0.2, 0.25) is 0 Å². The number of benzene rings is 2. The topological polar surface area (TPSA) is 67.1 Å². The average Bonchev–Trinajstić information content (AvgIpc) is 3.07. The van der Waals surface area contributed by atoms with Crippen LogP contribution in [0, 0.1) is 0 Å². The third-order valence-electron chi connectivity index (χ3n) is 6.16. The molecule has 0 radical (unpaired) electrons. The number of nitrogens with zero attached hydrogens (tertiary/aromatic N) is 4. The minimum Gasteiger partial charge on any atom is -0.356 e. The first-order chi connectivity index (χ1) is 15.8. The number of guanidine groups is 1. The number of hydrogen-bond acceptors (Lipinski definition) is 3. The van der Waals surface area contributed by atoms with E-state index in [0.717, 1.165) is 56.5 Å². The second-order valence-electron chi connectivity index (χ2n) is 8.42. The second kappa shape index (κ2) is 11.5. The van der Waals surface area contributed by atoms with E-state index in [4.69, 9.17) is 0 Å². The summed E-state index contributed by atoms with van der Waals surface area (Å²) in [5.41, 5.74) is 2.68. The standard InChI is InChI=1S/C26H34N6/c1-27-26(28-17-16-25-31-30-24-15-9-4-10-18-32(24)25)29-20-23(22-13-7-3-8-14-22)19-21-11-5-2-6-12-21/h2-3,5-8,11-14,23H,4,9-10,15-20H2,1H3,(H2,27,28,29). The van der Waals surface area contributed by atoms with Crippen LogP contribution in [0.3, 0.4) is 0 Å². The molecule has 3 aromatic rings. The Balaban J connectivity index is 1.32. The summed E-state index contributed by atoms with van der Waals surface area (Å²) in [4.78, 5) is 4.43. The summed E-state index contributed by atoms with van der Waals surface area (Å²) in [6.45, 7) is 2.65. The quantitative estimate of drug-likeness (QED) is 0.422. The van der Waals surface area contributed by atoms with Gasteiger partial charge in [-0.3, -0.25) is 4.99 Å². The van der Waals surface area contributed by atoms with Crippen molar-refractivity contribution in [2.24, 2.45) is 4.99 Å². The molecule has 1 unspecified atom stereocenters. The Labute approximate surface area is 191 Å². The summed E-state index contributed by atoms with van der Waals surface area (Å²) >= 11 is 0. The van der Waals surface area contributed by atoms with Crippen molar-refractivity contribution in [1.82, 2.24) is 25.4 Å². The van der Waals surface area contributed by atoms with Gasteiger partial charge in [0.15, 0.2) is 5.96 Å². The van der Waals surface area contributed by atoms with E-state index in [0.29, 0.717) is 5.92 Å². The van der Waals surface area contributed by atoms with Crippen molar-refractivity contribution in [3.8, 4) is 0 Å². The molecule has 0 saturated carbocycles. The maximum Gasteiger partial charge on any atom is 0.191 e. The molecule has 1 aromatic heterocycles. The number of nitrogens with one attached hydrogen (secondary N) is 2. The largest absolute Gasteiger partial charge is 0.356 e. The van der Waals surface area contributed by atoms with Crippen molar-refractivity contribution >= 4 is 5.96 Å². The molecule has 1 aliphatic heterocycles. The van der Waals surface area contributed by atoms with Gasteiger partial charge in [-0.2, -0.15) is 0 Å². The van der Waals surface area contributed by atoms with Crippen molar-refractivity contribution in [2.45, 2.75) is 51.0 Å². The van der Waals surface area contributed by atoms with Crippen LogP contribution in [0.4, 0.5) is 0 Å². The van der Waals surface area contributed by atoms with E-state index in [9.17, 15) is 0 Å². The molecule has 0 bridgehead atoms. The van der Waals surface area contributed by atoms with E-state index in [-0.39, 0.29) is 0 Å². The smallest absolute Gasteiger partial charge is 0.191 e. The lowest BCUT2D eigenvalue weighted by Crippen LogP contribution is -2.40. The number of aryl methyl sites for hydroxylation is 1. The van der Waals surface area contributed by atoms with Crippen LogP contribution < -0.4 is 10.6 Å². The van der Waals surface area contributed by atoms with Gasteiger partial charge >= 0.3 is 0 Å². The van der Waals surface area contributed by atoms with E-state index >= 15 is 0 Å². The zero-order chi connectivity index (χ0) is 22.0. The maximum absolute atomic E-state index is 4.44. The zero-order valence-corrected chi connectivity index (χ0v) is 19.0. The molecule has 0 saturated heterocycles. The van der Waals surface area contributed by atoms with Crippen molar-refractivity contribution in [3.05, 3.63) is 83.4 Å². The van der Waals surface area contributed by atoms with Crippen LogP contribution in [0.5, 0.6) is 0 Å². The molecule has 0 amide bonds. The molecule has 6 nitrogen and oxygen atoms in total. The Morgan fingerprint density at radius 3 is 2.53 bits per heavy atom. The Bertz CT molecular complexity index is 980. The first-order valence-electron chi connectivity index (χ1n) is 11.8. The van der Waals surface area contributed by atoms with Crippen molar-refractivity contribution in [2.75, 3.05) is 20.1 Å². The highest BCUT2D eigenvalue weighted by atomic mass is 15.3. The van der Waals surface area contributed by atoms with E-state index in [1.807, 2.05) is 7.05 Å². The fraction of sp³-hybridized carbons (Fsp3) is 0.423. The van der Waals surface area contributed by atoms with Gasteiger partial charge in [0.25, 0.3) is 0 Å². The predicted molar refractivity (Wildman–Crippen MR) is 130 cm³/mol. The Morgan fingerprint density at radius 1 is 0.969 bits per heavy atom. The molecular formula is C26H34N6. The molecule has 2 aromatic carbocycles. The van der Waals surface area contributed by atoms with Crippen molar-refractivity contribution in [1.29, 1.82) is 0 Å². The molecule has 2 N–H and O–H groups in total. The molecular weight excluding hydrogens is 396 g/mol. The van der Waals surface area contributed by atoms with Gasteiger partial charge in [0.05, 0.1) is 0 Å². The van der Waals surface area contributed by atoms with Crippen molar-refractivity contribution in [3.63, 3.8) is 0 Å². The summed E-state index contributed by atoms with van der Waals surface area (Å²) in [5, 5.41) is 15.8. The average molecular weight is 431 g/mol. The van der Waals surface area contributed by atoms with Gasteiger partial charge in [-0.05, 0) is 30.4 Å². The van der Waals surface area contributed by atoms with Gasteiger partial charge in [-0.25, -0.2) is 0 Å². The molecule has 32 heavy (non-hydrogen) atoms. The number of hydrogen-bond donors (Lipinski definition) is 2. The highest BCUT2D eigenvalue weighted by Crippen LogP contribution is 2.20. The molecule has 1 atom stereocenters. The molecule has 0 aliphatic carbocycles. The van der Waals surface area contributed by atoms with Gasteiger partial charge < -0.3 is 15.2 Å². The summed E-state index contributed by atoms with van der Waals surface area (Å²) < 4.78 is 2.32. The van der Waals surface area contributed by atoms with Crippen LogP contribution in [-0.4, -0.2) is 40.9 Å². The molecule has 4 rings (SSSR count). The maximum atomic E-state index is 4.44. The monoisotopic (exact) mass is 430 g/mol. The summed E-state index contributed by atoms with van der Waals surface area (Å²) in [6, 6.07) is 21.4. The van der Waals surface area contributed by atoms with Gasteiger partial charge in [-0.15, -0.1) is 10.2 Å². The minimum absolute atomic E-state index is 0.365. The van der Waals surface area contributed by atoms with Crippen LogP contribution in [-0.2, 0) is 25.8 Å². The Hall–Kier alpha value is -3.15. The normalized spacial score (nSPS) is 15.0. The molecule has 2 heterocycles. The third-order valence-corrected chi connectivity index (χ3v) is 6.16. The second-order valence-corrected chi connectivity index (χ2v) is 8.42. The first-order valence-corrected chi connectivity index (χ1v) is 11.8. The number of aliphatic imine (C=N–C) groups is 1. The Kier molecular flexibility index (Phi) is 7.90. The lowest BCUT2D eigenvalue weighted by Gasteiger charge is -2.20. The van der Waals surface area contributed by atoms with Crippen LogP contribution in [0.15, 0.2) is 65.7 Å². The van der Waals surface area contributed by atoms with E-state index in [1.54, 1.807) is 0 Å². The van der Waals surface area contributed by atoms with Crippen molar-refractivity contribution < 1.29 is 0 Å². The molecule has 0 fully saturated rings. The lowest BCUT2D eigenvalue weighted by atomic mass is 9.92. The Morgan fingerprint density at radius 2 is 1.75 bits per heavy atom. The fourth-order valence-electron chi connectivity index (χ4n) is 4.40. The lowest BCUT2D eigenvalue weighted by molar-refractivity contribution is 0.598. The van der Waals surface area contributed by atoms with Crippen LogP contribution in [0.1, 0.15) is 48.0 Å². The first kappa shape index (κ1) is 22.1. The van der Waals surface area contributed by atoms with Gasteiger partial charge in [0, 0.05) is 45.4 Å². The van der Waals surface area contributed by atoms with E-state index < -0.39 is 0 Å². The molecule has 1 aliphatic rings. The minimum atomic E-state index is 0.365. The van der Waals surface area contributed by atoms with Gasteiger partial charge in [0.1, 0.15) is 11.6 Å². The van der Waals surface area contributed by atoms with Gasteiger partial charge in [0.2, 0.25) is 0 Å². The number of rotatable bonds is 8. The van der Waals surface area contributed by atoms with E-state index in [2.05, 4.69) is 91.1 Å². The molecule has 6 heteroatoms. The number of aromatic nitrogens is 3. The summed E-state index contributed by atoms with van der Waals surface area (Å²) in [5.74, 6) is 3.42. The molecule has 0 spiro atoms. The van der Waals surface area contributed by atoms with Gasteiger partial charge in [-0.1, -0.05) is 67.1 Å². The van der Waals surface area contributed by atoms with E-state index in [1.165, 1.54) is 30.4 Å². The predicted octanol–water partition coefficient (Wildman–Crippen LogP) is 3.74. The summed E-state index contributed by atoms with van der Waals surface area (Å²) in [6.07, 6.45) is 6.60. The third kappa shape index (κ3) is 5.96. The highest BCUT2D eigenvalue weighted by molar-refractivity contribution is 5.79.